The van der Waals surface area contributed by atoms with Crippen LogP contribution in [0, 0.1) is 0 Å². The van der Waals surface area contributed by atoms with Gasteiger partial charge in [-0.05, 0) is 38.6 Å². The molecule has 0 fully saturated rings. The molecule has 1 aromatic rings. The quantitative estimate of drug-likeness (QED) is 0.773. The number of hydrogen-bond donors (Lipinski definition) is 1. The Labute approximate surface area is 90.2 Å². The predicted molar refractivity (Wildman–Crippen MR) is 61.3 cm³/mol. The molecule has 0 bridgehead atoms. The normalized spacial score (nSPS) is 14.3. The zero-order valence-electron chi connectivity index (χ0n) is 9.33. The maximum atomic E-state index is 5.56. The average molecular weight is 213 g/mol. The molecular weight excluding hydrogens is 194 g/mol. The lowest BCUT2D eigenvalue weighted by Gasteiger charge is -2.23. The summed E-state index contributed by atoms with van der Waals surface area (Å²) >= 11 is 1.76. The fraction of sp³-hybridized carbons (Fsp3) is 0.636. The van der Waals surface area contributed by atoms with Gasteiger partial charge in [0.15, 0.2) is 0 Å². The Morgan fingerprint density at radius 2 is 2.21 bits per heavy atom. The van der Waals surface area contributed by atoms with Gasteiger partial charge >= 0.3 is 0 Å². The second kappa shape index (κ2) is 4.91. The van der Waals surface area contributed by atoms with Crippen LogP contribution in [-0.2, 0) is 4.84 Å². The van der Waals surface area contributed by atoms with Crippen molar-refractivity contribution < 1.29 is 4.84 Å². The molecule has 0 aliphatic carbocycles. The predicted octanol–water partition coefficient (Wildman–Crippen LogP) is 3.52. The summed E-state index contributed by atoms with van der Waals surface area (Å²) in [4.78, 5) is 6.89. The zero-order valence-corrected chi connectivity index (χ0v) is 10.1. The topological polar surface area (TPSA) is 21.3 Å². The van der Waals surface area contributed by atoms with Gasteiger partial charge in [0, 0.05) is 4.88 Å². The van der Waals surface area contributed by atoms with E-state index in [1.54, 1.807) is 11.3 Å². The Hall–Kier alpha value is -0.380. The van der Waals surface area contributed by atoms with Gasteiger partial charge in [-0.3, -0.25) is 4.84 Å². The summed E-state index contributed by atoms with van der Waals surface area (Å²) in [6, 6.07) is 4.52. The van der Waals surface area contributed by atoms with E-state index in [1.807, 2.05) is 20.8 Å². The van der Waals surface area contributed by atoms with E-state index in [9.17, 15) is 0 Å². The molecule has 1 N–H and O–H groups in total. The Morgan fingerprint density at radius 3 is 2.64 bits per heavy atom. The van der Waals surface area contributed by atoms with Gasteiger partial charge in [0.1, 0.15) is 0 Å². The molecule has 0 amide bonds. The first-order valence-electron chi connectivity index (χ1n) is 5.00. The monoisotopic (exact) mass is 213 g/mol. The number of rotatable bonds is 4. The second-order valence-electron chi connectivity index (χ2n) is 4.31. The van der Waals surface area contributed by atoms with Crippen molar-refractivity contribution in [2.45, 2.75) is 45.8 Å². The molecule has 3 heteroatoms. The highest BCUT2D eigenvalue weighted by Crippen LogP contribution is 2.22. The maximum absolute atomic E-state index is 5.56. The lowest BCUT2D eigenvalue weighted by Crippen LogP contribution is -2.31. The summed E-state index contributed by atoms with van der Waals surface area (Å²) in [7, 11) is 0. The first-order chi connectivity index (χ1) is 6.53. The maximum Gasteiger partial charge on any atom is 0.0813 e. The summed E-state index contributed by atoms with van der Waals surface area (Å²) in [6.45, 7) is 8.28. The third-order valence-electron chi connectivity index (χ3n) is 1.80. The first kappa shape index (κ1) is 11.7. The van der Waals surface area contributed by atoms with Gasteiger partial charge in [0.25, 0.3) is 0 Å². The summed E-state index contributed by atoms with van der Waals surface area (Å²) in [6.07, 6.45) is 1.04. The molecule has 1 rings (SSSR count). The minimum Gasteiger partial charge on any atom is -0.295 e. The van der Waals surface area contributed by atoms with Crippen molar-refractivity contribution in [3.05, 3.63) is 22.4 Å². The molecule has 0 radical (unpaired) electrons. The molecule has 1 unspecified atom stereocenters. The van der Waals surface area contributed by atoms with Crippen molar-refractivity contribution in [3.8, 4) is 0 Å². The van der Waals surface area contributed by atoms with Gasteiger partial charge < -0.3 is 0 Å². The standard InChI is InChI=1S/C11H19NOS/c1-5-9(10-7-6-8-14-10)12-13-11(2,3)4/h6-9,12H,5H2,1-4H3. The molecule has 0 aliphatic heterocycles. The SMILES string of the molecule is CCC(NOC(C)(C)C)c1cccs1. The molecule has 0 saturated carbocycles. The fourth-order valence-corrected chi connectivity index (χ4v) is 1.93. The highest BCUT2D eigenvalue weighted by Gasteiger charge is 2.15. The third kappa shape index (κ3) is 3.78. The smallest absolute Gasteiger partial charge is 0.0813 e. The van der Waals surface area contributed by atoms with Crippen LogP contribution in [-0.4, -0.2) is 5.60 Å². The number of hydrogen-bond acceptors (Lipinski definition) is 3. The van der Waals surface area contributed by atoms with E-state index in [0.29, 0.717) is 6.04 Å². The van der Waals surface area contributed by atoms with Crippen molar-refractivity contribution >= 4 is 11.3 Å². The van der Waals surface area contributed by atoms with E-state index in [1.165, 1.54) is 4.88 Å². The Morgan fingerprint density at radius 1 is 1.50 bits per heavy atom. The van der Waals surface area contributed by atoms with E-state index < -0.39 is 0 Å². The van der Waals surface area contributed by atoms with Crippen LogP contribution >= 0.6 is 11.3 Å². The van der Waals surface area contributed by atoms with Crippen molar-refractivity contribution in [3.63, 3.8) is 0 Å². The van der Waals surface area contributed by atoms with Gasteiger partial charge in [-0.25, -0.2) is 0 Å². The molecule has 0 spiro atoms. The summed E-state index contributed by atoms with van der Waals surface area (Å²) in [5, 5.41) is 2.09. The lowest BCUT2D eigenvalue weighted by atomic mass is 10.2. The Kier molecular flexibility index (Phi) is 4.11. The highest BCUT2D eigenvalue weighted by atomic mass is 32.1. The van der Waals surface area contributed by atoms with Gasteiger partial charge in [-0.15, -0.1) is 11.3 Å². The second-order valence-corrected chi connectivity index (χ2v) is 5.29. The lowest BCUT2D eigenvalue weighted by molar-refractivity contribution is -0.0891. The number of thiophene rings is 1. The van der Waals surface area contributed by atoms with Crippen molar-refractivity contribution in [2.24, 2.45) is 0 Å². The Bertz CT molecular complexity index is 251. The number of nitrogens with one attached hydrogen (secondary N) is 1. The average Bonchev–Trinajstić information content (AvgIpc) is 2.56. The van der Waals surface area contributed by atoms with Crippen LogP contribution in [0.25, 0.3) is 0 Å². The molecule has 14 heavy (non-hydrogen) atoms. The molecule has 80 valence electrons. The van der Waals surface area contributed by atoms with E-state index in [4.69, 9.17) is 4.84 Å². The van der Waals surface area contributed by atoms with Gasteiger partial charge in [-0.1, -0.05) is 13.0 Å². The summed E-state index contributed by atoms with van der Waals surface area (Å²) in [5.74, 6) is 0. The summed E-state index contributed by atoms with van der Waals surface area (Å²) in [5.41, 5.74) is 2.99. The third-order valence-corrected chi connectivity index (χ3v) is 2.79. The van der Waals surface area contributed by atoms with Gasteiger partial charge in [-0.2, -0.15) is 5.48 Å². The van der Waals surface area contributed by atoms with Crippen LogP contribution in [0.4, 0.5) is 0 Å². The molecule has 1 aromatic heterocycles. The minimum atomic E-state index is -0.134. The molecule has 1 atom stereocenters. The van der Waals surface area contributed by atoms with Gasteiger partial charge in [0.2, 0.25) is 0 Å². The molecule has 0 saturated heterocycles. The number of hydroxylamine groups is 1. The largest absolute Gasteiger partial charge is 0.295 e. The van der Waals surface area contributed by atoms with Crippen molar-refractivity contribution in [2.75, 3.05) is 0 Å². The van der Waals surface area contributed by atoms with Crippen LogP contribution in [0.5, 0.6) is 0 Å². The van der Waals surface area contributed by atoms with Crippen molar-refractivity contribution in [1.29, 1.82) is 0 Å². The molecular formula is C11H19NOS. The van der Waals surface area contributed by atoms with Crippen LogP contribution in [0.3, 0.4) is 0 Å². The molecule has 1 heterocycles. The van der Waals surface area contributed by atoms with Crippen LogP contribution < -0.4 is 5.48 Å². The fourth-order valence-electron chi connectivity index (χ4n) is 1.08. The van der Waals surface area contributed by atoms with E-state index in [0.717, 1.165) is 6.42 Å². The minimum absolute atomic E-state index is 0.134. The molecule has 2 nitrogen and oxygen atoms in total. The first-order valence-corrected chi connectivity index (χ1v) is 5.88. The van der Waals surface area contributed by atoms with E-state index in [-0.39, 0.29) is 5.60 Å². The van der Waals surface area contributed by atoms with Gasteiger partial charge in [0.05, 0.1) is 11.6 Å². The van der Waals surface area contributed by atoms with E-state index >= 15 is 0 Å². The zero-order chi connectivity index (χ0) is 10.6. The van der Waals surface area contributed by atoms with Crippen LogP contribution in [0.2, 0.25) is 0 Å². The van der Waals surface area contributed by atoms with E-state index in [2.05, 4.69) is 29.9 Å². The van der Waals surface area contributed by atoms with Crippen LogP contribution in [0.1, 0.15) is 45.0 Å². The highest BCUT2D eigenvalue weighted by molar-refractivity contribution is 7.10. The van der Waals surface area contributed by atoms with Crippen molar-refractivity contribution in [1.82, 2.24) is 5.48 Å². The summed E-state index contributed by atoms with van der Waals surface area (Å²) < 4.78 is 0. The molecule has 0 aliphatic rings. The Balaban J connectivity index is 2.49. The van der Waals surface area contributed by atoms with Crippen LogP contribution in [0.15, 0.2) is 17.5 Å². The molecule has 0 aromatic carbocycles.